The van der Waals surface area contributed by atoms with E-state index in [1.165, 1.54) is 0 Å². The number of amides is 1. The Morgan fingerprint density at radius 2 is 2.07 bits per heavy atom. The van der Waals surface area contributed by atoms with Crippen LogP contribution in [0, 0.1) is 5.92 Å². The van der Waals surface area contributed by atoms with Crippen LogP contribution in [0.2, 0.25) is 0 Å². The molecule has 4 atom stereocenters. The quantitative estimate of drug-likeness (QED) is 0.723. The minimum absolute atomic E-state index is 0.00278. The molecule has 0 fully saturated rings. The third kappa shape index (κ3) is 2.78. The van der Waals surface area contributed by atoms with Crippen LogP contribution in [0.25, 0.3) is 5.57 Å². The predicted octanol–water partition coefficient (Wildman–Crippen LogP) is 1.98. The zero-order valence-corrected chi connectivity index (χ0v) is 17.0. The summed E-state index contributed by atoms with van der Waals surface area (Å²) in [6, 6.07) is 5.85. The van der Waals surface area contributed by atoms with Crippen LogP contribution in [0.3, 0.4) is 0 Å². The third-order valence-corrected chi connectivity index (χ3v) is 6.57. The van der Waals surface area contributed by atoms with Gasteiger partial charge in [0.25, 0.3) is 0 Å². The van der Waals surface area contributed by atoms with Gasteiger partial charge in [0.15, 0.2) is 6.23 Å². The Labute approximate surface area is 166 Å². The zero-order valence-electron chi connectivity index (χ0n) is 17.0. The van der Waals surface area contributed by atoms with Crippen molar-refractivity contribution >= 4 is 17.2 Å². The molecule has 6 heteroatoms. The highest BCUT2D eigenvalue weighted by molar-refractivity contribution is 5.88. The average molecular weight is 386 g/mol. The van der Waals surface area contributed by atoms with Gasteiger partial charge in [0, 0.05) is 43.3 Å². The van der Waals surface area contributed by atoms with Crippen molar-refractivity contribution < 1.29 is 15.0 Å². The van der Waals surface area contributed by atoms with Crippen molar-refractivity contribution in [3.63, 3.8) is 0 Å². The predicted molar refractivity (Wildman–Crippen MR) is 110 cm³/mol. The van der Waals surface area contributed by atoms with Gasteiger partial charge in [0.05, 0.1) is 5.92 Å². The Hall–Kier alpha value is -1.89. The van der Waals surface area contributed by atoms with Crippen molar-refractivity contribution in [3.8, 4) is 0 Å². The highest BCUT2D eigenvalue weighted by Crippen LogP contribution is 2.52. The second-order valence-corrected chi connectivity index (χ2v) is 8.15. The van der Waals surface area contributed by atoms with Crippen molar-refractivity contribution in [1.29, 1.82) is 0 Å². The number of carbonyl (C=O) groups is 1. The van der Waals surface area contributed by atoms with Crippen molar-refractivity contribution in [3.05, 3.63) is 35.4 Å². The van der Waals surface area contributed by atoms with E-state index < -0.39 is 11.8 Å². The van der Waals surface area contributed by atoms with E-state index in [0.29, 0.717) is 26.1 Å². The molecule has 3 N–H and O–H groups in total. The first-order valence-electron chi connectivity index (χ1n) is 10.5. The lowest BCUT2D eigenvalue weighted by molar-refractivity contribution is -0.134. The topological polar surface area (TPSA) is 76.0 Å². The lowest BCUT2D eigenvalue weighted by Gasteiger charge is -2.47. The molecule has 2 aliphatic heterocycles. The monoisotopic (exact) mass is 385 g/mol. The summed E-state index contributed by atoms with van der Waals surface area (Å²) in [4.78, 5) is 17.3. The maximum absolute atomic E-state index is 13.1. The smallest absolute Gasteiger partial charge is 0.230 e. The SMILES string of the molecule is CCCN1CC(C(=O)N(CC)CC)C=C2c3cccc4c3C(O)(CC21)C(O)N4. The number of aliphatic hydroxyl groups is 2. The van der Waals surface area contributed by atoms with Gasteiger partial charge in [-0.25, -0.2) is 0 Å². The fraction of sp³-hybridized carbons (Fsp3) is 0.591. The molecule has 1 amide bonds. The van der Waals surface area contributed by atoms with Gasteiger partial charge in [-0.1, -0.05) is 25.1 Å². The van der Waals surface area contributed by atoms with Crippen molar-refractivity contribution in [2.24, 2.45) is 5.92 Å². The minimum atomic E-state index is -1.30. The van der Waals surface area contributed by atoms with E-state index in [2.05, 4.69) is 23.2 Å². The van der Waals surface area contributed by atoms with Crippen LogP contribution in [0.4, 0.5) is 5.69 Å². The Balaban J connectivity index is 1.82. The van der Waals surface area contributed by atoms with Crippen molar-refractivity contribution in [2.45, 2.75) is 51.5 Å². The Morgan fingerprint density at radius 3 is 2.75 bits per heavy atom. The number of nitrogens with one attached hydrogen (secondary N) is 1. The molecule has 2 heterocycles. The number of fused-ring (bicyclic) bond motifs is 2. The first-order valence-corrected chi connectivity index (χ1v) is 10.5. The molecule has 0 aromatic heterocycles. The van der Waals surface area contributed by atoms with E-state index in [9.17, 15) is 15.0 Å². The van der Waals surface area contributed by atoms with Gasteiger partial charge in [0.1, 0.15) is 5.60 Å². The highest BCUT2D eigenvalue weighted by atomic mass is 16.4. The number of nitrogens with zero attached hydrogens (tertiary/aromatic N) is 2. The van der Waals surface area contributed by atoms with Gasteiger partial charge in [-0.3, -0.25) is 9.69 Å². The Bertz CT molecular complexity index is 804. The molecule has 0 saturated carbocycles. The molecule has 0 saturated heterocycles. The zero-order chi connectivity index (χ0) is 20.1. The molecule has 1 aromatic rings. The summed E-state index contributed by atoms with van der Waals surface area (Å²) >= 11 is 0. The number of hydrogen-bond acceptors (Lipinski definition) is 5. The molecule has 3 aliphatic rings. The molecule has 0 radical (unpaired) electrons. The summed E-state index contributed by atoms with van der Waals surface area (Å²) < 4.78 is 0. The summed E-state index contributed by atoms with van der Waals surface area (Å²) in [6.45, 7) is 9.11. The van der Waals surface area contributed by atoms with Crippen LogP contribution in [0.5, 0.6) is 0 Å². The van der Waals surface area contributed by atoms with Gasteiger partial charge in [-0.2, -0.15) is 0 Å². The summed E-state index contributed by atoms with van der Waals surface area (Å²) in [6.07, 6.45) is 2.52. The summed E-state index contributed by atoms with van der Waals surface area (Å²) in [5.41, 5.74) is 2.33. The molecule has 28 heavy (non-hydrogen) atoms. The summed E-state index contributed by atoms with van der Waals surface area (Å²) in [5, 5.41) is 25.0. The molecule has 1 aliphatic carbocycles. The Morgan fingerprint density at radius 1 is 1.32 bits per heavy atom. The standard InChI is InChI=1S/C22H31N3O3/c1-4-10-25-13-14(20(26)24(5-2)6-3)11-16-15-8-7-9-17-19(15)22(28,12-18(16)25)21(27)23-17/h7-9,11,14,18,21,23,27-28H,4-6,10,12-13H2,1-3H3. The molecule has 6 nitrogen and oxygen atoms in total. The first-order chi connectivity index (χ1) is 13.4. The van der Waals surface area contributed by atoms with Gasteiger partial charge >= 0.3 is 0 Å². The van der Waals surface area contributed by atoms with Crippen molar-refractivity contribution in [1.82, 2.24) is 9.80 Å². The average Bonchev–Trinajstić information content (AvgIpc) is 2.94. The Kier molecular flexibility index (Phi) is 4.98. The van der Waals surface area contributed by atoms with E-state index in [-0.39, 0.29) is 17.9 Å². The van der Waals surface area contributed by atoms with Crippen LogP contribution in [-0.4, -0.2) is 64.4 Å². The molecule has 0 spiro atoms. The lowest BCUT2D eigenvalue weighted by atomic mass is 9.71. The van der Waals surface area contributed by atoms with Gasteiger partial charge in [-0.05, 0) is 44.0 Å². The second kappa shape index (κ2) is 7.17. The number of rotatable bonds is 5. The fourth-order valence-electron chi connectivity index (χ4n) is 5.21. The normalized spacial score (nSPS) is 30.9. The number of carbonyl (C=O) groups excluding carboxylic acids is 1. The maximum atomic E-state index is 13.1. The number of anilines is 1. The van der Waals surface area contributed by atoms with Crippen LogP contribution < -0.4 is 5.32 Å². The number of hydrogen-bond donors (Lipinski definition) is 3. The van der Waals surface area contributed by atoms with E-state index in [1.54, 1.807) is 0 Å². The van der Waals surface area contributed by atoms with Gasteiger partial charge in [-0.15, -0.1) is 0 Å². The molecule has 4 rings (SSSR count). The molecule has 1 aromatic carbocycles. The maximum Gasteiger partial charge on any atom is 0.230 e. The minimum Gasteiger partial charge on any atom is -0.380 e. The van der Waals surface area contributed by atoms with Crippen LogP contribution in [0.1, 0.15) is 44.7 Å². The summed E-state index contributed by atoms with van der Waals surface area (Å²) in [7, 11) is 0. The molecule has 4 unspecified atom stereocenters. The molecular weight excluding hydrogens is 354 g/mol. The third-order valence-electron chi connectivity index (χ3n) is 6.57. The van der Waals surface area contributed by atoms with E-state index >= 15 is 0 Å². The van der Waals surface area contributed by atoms with E-state index in [4.69, 9.17) is 0 Å². The number of benzene rings is 1. The van der Waals surface area contributed by atoms with Crippen LogP contribution in [0.15, 0.2) is 24.3 Å². The van der Waals surface area contributed by atoms with Gasteiger partial charge in [0.2, 0.25) is 5.91 Å². The highest BCUT2D eigenvalue weighted by Gasteiger charge is 2.53. The fourth-order valence-corrected chi connectivity index (χ4v) is 5.21. The van der Waals surface area contributed by atoms with Gasteiger partial charge < -0.3 is 20.4 Å². The number of aliphatic hydroxyl groups excluding tert-OH is 1. The molecule has 0 bridgehead atoms. The van der Waals surface area contributed by atoms with Crippen LogP contribution >= 0.6 is 0 Å². The van der Waals surface area contributed by atoms with Crippen LogP contribution in [-0.2, 0) is 10.4 Å². The molecule has 152 valence electrons. The molecular formula is C22H31N3O3. The summed E-state index contributed by atoms with van der Waals surface area (Å²) in [5.74, 6) is -0.0114. The lowest BCUT2D eigenvalue weighted by Crippen LogP contribution is -2.54. The van der Waals surface area contributed by atoms with E-state index in [1.807, 2.05) is 36.9 Å². The largest absolute Gasteiger partial charge is 0.380 e. The van der Waals surface area contributed by atoms with Crippen molar-refractivity contribution in [2.75, 3.05) is 31.5 Å². The first kappa shape index (κ1) is 19.4. The van der Waals surface area contributed by atoms with E-state index in [0.717, 1.165) is 35.4 Å². The second-order valence-electron chi connectivity index (χ2n) is 8.15.